The highest BCUT2D eigenvalue weighted by atomic mass is 19.4. The van der Waals surface area contributed by atoms with Crippen LogP contribution in [0.4, 0.5) is 34.3 Å². The number of carbonyl (C=O) groups excluding carboxylic acids is 4. The number of alkyl carbamates (subject to hydrolysis) is 1. The normalized spacial score (nSPS) is 17.3. The number of rotatable bonds is 9. The number of benzene rings is 1. The number of anilines is 2. The maximum atomic E-state index is 12.8. The van der Waals surface area contributed by atoms with Gasteiger partial charge in [-0.05, 0) is 30.7 Å². The molecule has 2 aromatic rings. The minimum absolute atomic E-state index is 0.0147. The number of urea groups is 1. The molecule has 212 valence electrons. The largest absolute Gasteiger partial charge is 0.444 e. The molecule has 4 amide bonds. The number of likely N-dealkylation sites (tertiary alicyclic amines) is 1. The topological polar surface area (TPSA) is 146 Å². The van der Waals surface area contributed by atoms with Gasteiger partial charge in [-0.15, -0.1) is 0 Å². The van der Waals surface area contributed by atoms with E-state index in [0.717, 1.165) is 30.7 Å². The van der Waals surface area contributed by atoms with Gasteiger partial charge in [0.2, 0.25) is 5.78 Å². The first kappa shape index (κ1) is 29.5. The van der Waals surface area contributed by atoms with Gasteiger partial charge in [-0.3, -0.25) is 14.7 Å². The number of amides is 4. The average molecular weight is 553 g/mol. The standard InChI is InChI=1S/C25H31F3N6O5/c1-4-5-6-17(20(35)21(36)32-19-11-12-29-33-19)31-23(38)39-18-13-34(14-24(18,2)3)22(37)30-16-9-7-15(8-10-16)25(26,27)28/h7-12,17-18H,4-6,13-14H2,1-3H3,(H,30,37)(H,31,38)(H2,29,32,33,36)/t17-,18+/m0/s1. The van der Waals surface area contributed by atoms with Crippen LogP contribution in [-0.4, -0.2) is 64.1 Å². The SMILES string of the molecule is CCCC[C@H](NC(=O)O[C@@H]1CN(C(=O)Nc2ccc(C(F)(F)F)cc2)CC1(C)C)C(=O)C(=O)Nc1ccn[nH]1. The van der Waals surface area contributed by atoms with E-state index in [1.807, 2.05) is 6.92 Å². The Morgan fingerprint density at radius 2 is 1.85 bits per heavy atom. The number of unbranched alkanes of at least 4 members (excludes halogenated alkanes) is 1. The van der Waals surface area contributed by atoms with Crippen LogP contribution >= 0.6 is 0 Å². The fourth-order valence-corrected chi connectivity index (χ4v) is 4.05. The van der Waals surface area contributed by atoms with Gasteiger partial charge in [0, 0.05) is 23.7 Å². The lowest BCUT2D eigenvalue weighted by molar-refractivity contribution is -0.137. The van der Waals surface area contributed by atoms with Crippen molar-refractivity contribution < 1.29 is 37.1 Å². The maximum Gasteiger partial charge on any atom is 0.416 e. The second kappa shape index (κ2) is 12.2. The Kier molecular flexibility index (Phi) is 9.20. The van der Waals surface area contributed by atoms with Gasteiger partial charge < -0.3 is 25.6 Å². The highest BCUT2D eigenvalue weighted by Gasteiger charge is 2.44. The number of ether oxygens (including phenoxy) is 1. The minimum atomic E-state index is -4.49. The lowest BCUT2D eigenvalue weighted by Gasteiger charge is -2.26. The molecule has 1 fully saturated rings. The van der Waals surface area contributed by atoms with Crippen LogP contribution < -0.4 is 16.0 Å². The van der Waals surface area contributed by atoms with Crippen LogP contribution in [0.25, 0.3) is 0 Å². The minimum Gasteiger partial charge on any atom is -0.444 e. The zero-order valence-corrected chi connectivity index (χ0v) is 21.7. The lowest BCUT2D eigenvalue weighted by Crippen LogP contribution is -2.47. The quantitative estimate of drug-likeness (QED) is 0.344. The van der Waals surface area contributed by atoms with E-state index >= 15 is 0 Å². The lowest BCUT2D eigenvalue weighted by atomic mass is 9.90. The molecule has 0 spiro atoms. The van der Waals surface area contributed by atoms with Crippen LogP contribution in [0.1, 0.15) is 45.6 Å². The second-order valence-corrected chi connectivity index (χ2v) is 9.90. The molecule has 2 heterocycles. The highest BCUT2D eigenvalue weighted by Crippen LogP contribution is 2.33. The summed E-state index contributed by atoms with van der Waals surface area (Å²) >= 11 is 0. The van der Waals surface area contributed by atoms with Crippen molar-refractivity contribution in [3.05, 3.63) is 42.1 Å². The van der Waals surface area contributed by atoms with E-state index in [-0.39, 0.29) is 31.0 Å². The smallest absolute Gasteiger partial charge is 0.416 e. The third kappa shape index (κ3) is 7.94. The number of ketones is 1. The molecule has 0 saturated carbocycles. The van der Waals surface area contributed by atoms with Crippen molar-refractivity contribution in [3.8, 4) is 0 Å². The summed E-state index contributed by atoms with van der Waals surface area (Å²) in [7, 11) is 0. The molecule has 0 unspecified atom stereocenters. The fraction of sp³-hybridized carbons (Fsp3) is 0.480. The Labute approximate surface area is 222 Å². The molecule has 1 aromatic carbocycles. The molecule has 1 aliphatic heterocycles. The number of aromatic nitrogens is 2. The van der Waals surface area contributed by atoms with E-state index < -0.39 is 53.1 Å². The Hall–Kier alpha value is -4.10. The van der Waals surface area contributed by atoms with E-state index in [9.17, 15) is 32.3 Å². The molecular formula is C25H31F3N6O5. The zero-order valence-electron chi connectivity index (χ0n) is 21.7. The van der Waals surface area contributed by atoms with E-state index in [2.05, 4.69) is 26.1 Å². The number of Topliss-reactive ketones (excluding diaryl/α,β-unsaturated/α-hetero) is 1. The number of nitrogens with one attached hydrogen (secondary N) is 4. The molecule has 11 nitrogen and oxygen atoms in total. The fourth-order valence-electron chi connectivity index (χ4n) is 4.05. The van der Waals surface area contributed by atoms with Gasteiger partial charge in [0.05, 0.1) is 18.3 Å². The van der Waals surface area contributed by atoms with Gasteiger partial charge in [-0.25, -0.2) is 9.59 Å². The van der Waals surface area contributed by atoms with Crippen molar-refractivity contribution in [3.63, 3.8) is 0 Å². The van der Waals surface area contributed by atoms with Crippen LogP contribution in [-0.2, 0) is 20.5 Å². The van der Waals surface area contributed by atoms with Crippen molar-refractivity contribution >= 4 is 35.3 Å². The number of hydrogen-bond acceptors (Lipinski definition) is 6. The molecule has 1 aliphatic rings. The van der Waals surface area contributed by atoms with Gasteiger partial charge in [-0.2, -0.15) is 18.3 Å². The predicted molar refractivity (Wildman–Crippen MR) is 135 cm³/mol. The number of halogens is 3. The molecule has 1 saturated heterocycles. The summed E-state index contributed by atoms with van der Waals surface area (Å²) < 4.78 is 43.9. The number of aromatic amines is 1. The molecule has 1 aromatic heterocycles. The summed E-state index contributed by atoms with van der Waals surface area (Å²) in [5, 5.41) is 13.6. The zero-order chi connectivity index (χ0) is 28.8. The Bertz CT molecular complexity index is 1170. The Balaban J connectivity index is 1.59. The predicted octanol–water partition coefficient (Wildman–Crippen LogP) is 4.16. The second-order valence-electron chi connectivity index (χ2n) is 9.90. The molecule has 4 N–H and O–H groups in total. The van der Waals surface area contributed by atoms with Gasteiger partial charge in [0.1, 0.15) is 18.0 Å². The molecular weight excluding hydrogens is 521 g/mol. The van der Waals surface area contributed by atoms with E-state index in [0.29, 0.717) is 6.42 Å². The number of carbonyl (C=O) groups is 4. The van der Waals surface area contributed by atoms with Crippen molar-refractivity contribution in [2.24, 2.45) is 5.41 Å². The third-order valence-corrected chi connectivity index (χ3v) is 6.28. The first-order chi connectivity index (χ1) is 18.3. The van der Waals surface area contributed by atoms with Crippen LogP contribution in [0.15, 0.2) is 36.5 Å². The molecule has 39 heavy (non-hydrogen) atoms. The van der Waals surface area contributed by atoms with Gasteiger partial charge in [0.15, 0.2) is 0 Å². The molecule has 14 heteroatoms. The number of H-pyrrole nitrogens is 1. The third-order valence-electron chi connectivity index (χ3n) is 6.28. The van der Waals surface area contributed by atoms with Crippen LogP contribution in [0.3, 0.4) is 0 Å². The van der Waals surface area contributed by atoms with Gasteiger partial charge in [-0.1, -0.05) is 33.6 Å². The number of nitrogens with zero attached hydrogens (tertiary/aromatic N) is 2. The van der Waals surface area contributed by atoms with Crippen molar-refractivity contribution in [2.45, 2.75) is 58.4 Å². The first-order valence-corrected chi connectivity index (χ1v) is 12.3. The van der Waals surface area contributed by atoms with E-state index in [1.54, 1.807) is 13.8 Å². The average Bonchev–Trinajstić information content (AvgIpc) is 3.48. The number of alkyl halides is 3. The summed E-state index contributed by atoms with van der Waals surface area (Å²) in [6.07, 6.45) is -3.24. The summed E-state index contributed by atoms with van der Waals surface area (Å²) in [6, 6.07) is 3.81. The monoisotopic (exact) mass is 552 g/mol. The van der Waals surface area contributed by atoms with Crippen molar-refractivity contribution in [1.82, 2.24) is 20.4 Å². The Morgan fingerprint density at radius 3 is 2.44 bits per heavy atom. The molecule has 3 rings (SSSR count). The van der Waals surface area contributed by atoms with Crippen molar-refractivity contribution in [2.75, 3.05) is 23.7 Å². The molecule has 0 radical (unpaired) electrons. The van der Waals surface area contributed by atoms with Gasteiger partial charge >= 0.3 is 18.3 Å². The molecule has 0 aliphatic carbocycles. The number of hydrogen-bond donors (Lipinski definition) is 4. The van der Waals surface area contributed by atoms with Crippen LogP contribution in [0.5, 0.6) is 0 Å². The summed E-state index contributed by atoms with van der Waals surface area (Å²) in [5.41, 5.74) is -1.33. The summed E-state index contributed by atoms with van der Waals surface area (Å²) in [6.45, 7) is 5.68. The summed E-state index contributed by atoms with van der Waals surface area (Å²) in [4.78, 5) is 52.0. The molecule has 2 atom stereocenters. The first-order valence-electron chi connectivity index (χ1n) is 12.3. The van der Waals surface area contributed by atoms with Crippen LogP contribution in [0.2, 0.25) is 0 Å². The van der Waals surface area contributed by atoms with Crippen LogP contribution in [0, 0.1) is 5.41 Å². The highest BCUT2D eigenvalue weighted by molar-refractivity contribution is 6.42. The van der Waals surface area contributed by atoms with E-state index in [1.165, 1.54) is 17.2 Å². The molecule has 0 bridgehead atoms. The van der Waals surface area contributed by atoms with E-state index in [4.69, 9.17) is 4.74 Å². The summed E-state index contributed by atoms with van der Waals surface area (Å²) in [5.74, 6) is -1.54. The van der Waals surface area contributed by atoms with Crippen molar-refractivity contribution in [1.29, 1.82) is 0 Å². The van der Waals surface area contributed by atoms with Gasteiger partial charge in [0.25, 0.3) is 5.91 Å². The Morgan fingerprint density at radius 1 is 1.15 bits per heavy atom. The maximum absolute atomic E-state index is 12.8.